The number of ether oxygens (including phenoxy) is 1. The highest BCUT2D eigenvalue weighted by Gasteiger charge is 2.51. The van der Waals surface area contributed by atoms with Crippen LogP contribution in [0, 0.1) is 5.41 Å². The summed E-state index contributed by atoms with van der Waals surface area (Å²) in [6.07, 6.45) is 7.00. The first-order chi connectivity index (χ1) is 15.2. The molecule has 0 saturated carbocycles. The highest BCUT2D eigenvalue weighted by atomic mass is 16.5. The summed E-state index contributed by atoms with van der Waals surface area (Å²) in [5, 5.41) is 2.99. The fourth-order valence-corrected chi connectivity index (χ4v) is 4.43. The molecule has 170 valence electrons. The minimum atomic E-state index is -1.14. The molecule has 1 heterocycles. The van der Waals surface area contributed by atoms with Crippen LogP contribution in [0.3, 0.4) is 0 Å². The predicted octanol–water partition coefficient (Wildman–Crippen LogP) is 4.11. The van der Waals surface area contributed by atoms with Gasteiger partial charge >= 0.3 is 0 Å². The van der Waals surface area contributed by atoms with Crippen molar-refractivity contribution in [3.8, 4) is 5.75 Å². The molecule has 6 heteroatoms. The number of pyridine rings is 1. The molecule has 1 atom stereocenters. The maximum absolute atomic E-state index is 13.9. The first-order valence-electron chi connectivity index (χ1n) is 11.0. The Morgan fingerprint density at radius 2 is 2.09 bits per heavy atom. The number of rotatable bonds is 7. The van der Waals surface area contributed by atoms with Crippen molar-refractivity contribution in [1.29, 1.82) is 0 Å². The molecule has 2 aromatic rings. The molecule has 3 rings (SSSR count). The maximum Gasteiger partial charge on any atom is 0.256 e. The lowest BCUT2D eigenvalue weighted by molar-refractivity contribution is -0.134. The third-order valence-corrected chi connectivity index (χ3v) is 5.77. The van der Waals surface area contributed by atoms with Gasteiger partial charge in [-0.05, 0) is 60.1 Å². The van der Waals surface area contributed by atoms with Crippen LogP contribution in [0.2, 0.25) is 0 Å². The van der Waals surface area contributed by atoms with Crippen LogP contribution in [0.4, 0.5) is 0 Å². The standard InChI is InChI=1S/C26H33N3O3/c1-6-14-28-24(31)26(13-7-9-19-16-21(32-5)11-12-22(19)26)29(18-25(2,3)4)23(30)20-10-8-15-27-17-20/h6,8,10-12,15-17H,1,7,9,13-14,18H2,2-5H3,(H,28,31). The normalized spacial score (nSPS) is 17.8. The van der Waals surface area contributed by atoms with E-state index in [0.717, 1.165) is 29.7 Å². The van der Waals surface area contributed by atoms with Gasteiger partial charge in [0.25, 0.3) is 11.8 Å². The Bertz CT molecular complexity index is 982. The first-order valence-corrected chi connectivity index (χ1v) is 11.0. The third kappa shape index (κ3) is 4.69. The van der Waals surface area contributed by atoms with Crippen molar-refractivity contribution in [2.24, 2.45) is 5.41 Å². The van der Waals surface area contributed by atoms with E-state index in [1.165, 1.54) is 0 Å². The zero-order valence-corrected chi connectivity index (χ0v) is 19.5. The number of nitrogens with zero attached hydrogens (tertiary/aromatic N) is 2. The minimum absolute atomic E-state index is 0.190. The van der Waals surface area contributed by atoms with Crippen molar-refractivity contribution in [2.75, 3.05) is 20.2 Å². The number of hydrogen-bond acceptors (Lipinski definition) is 4. The average Bonchev–Trinajstić information content (AvgIpc) is 2.79. The Hall–Kier alpha value is -3.15. The average molecular weight is 436 g/mol. The second-order valence-electron chi connectivity index (χ2n) is 9.43. The number of hydrogen-bond donors (Lipinski definition) is 1. The topological polar surface area (TPSA) is 71.5 Å². The molecule has 1 aromatic heterocycles. The molecule has 0 bridgehead atoms. The summed E-state index contributed by atoms with van der Waals surface area (Å²) in [4.78, 5) is 33.7. The molecule has 6 nitrogen and oxygen atoms in total. The second-order valence-corrected chi connectivity index (χ2v) is 9.43. The van der Waals surface area contributed by atoms with Crippen LogP contribution in [0.1, 0.15) is 55.1 Å². The van der Waals surface area contributed by atoms with Crippen molar-refractivity contribution >= 4 is 11.8 Å². The van der Waals surface area contributed by atoms with E-state index >= 15 is 0 Å². The van der Waals surface area contributed by atoms with Gasteiger partial charge in [0.1, 0.15) is 11.3 Å². The lowest BCUT2D eigenvalue weighted by Gasteiger charge is -2.48. The smallest absolute Gasteiger partial charge is 0.256 e. The molecular weight excluding hydrogens is 402 g/mol. The Morgan fingerprint density at radius 1 is 1.31 bits per heavy atom. The van der Waals surface area contributed by atoms with E-state index in [2.05, 4.69) is 37.7 Å². The van der Waals surface area contributed by atoms with E-state index in [1.807, 2.05) is 18.2 Å². The molecule has 0 saturated heterocycles. The Labute approximate surface area is 190 Å². The summed E-state index contributed by atoms with van der Waals surface area (Å²) >= 11 is 0. The summed E-state index contributed by atoms with van der Waals surface area (Å²) < 4.78 is 5.43. The van der Waals surface area contributed by atoms with E-state index in [-0.39, 0.29) is 17.2 Å². The number of nitrogens with one attached hydrogen (secondary N) is 1. The molecule has 0 radical (unpaired) electrons. The van der Waals surface area contributed by atoms with E-state index < -0.39 is 5.54 Å². The molecule has 1 unspecified atom stereocenters. The van der Waals surface area contributed by atoms with Crippen molar-refractivity contribution in [3.05, 3.63) is 72.1 Å². The Balaban J connectivity index is 2.24. The van der Waals surface area contributed by atoms with Crippen molar-refractivity contribution in [1.82, 2.24) is 15.2 Å². The van der Waals surface area contributed by atoms with Gasteiger partial charge in [-0.25, -0.2) is 0 Å². The van der Waals surface area contributed by atoms with Gasteiger partial charge in [-0.3, -0.25) is 14.6 Å². The van der Waals surface area contributed by atoms with Gasteiger partial charge in [0.15, 0.2) is 0 Å². The van der Waals surface area contributed by atoms with E-state index in [0.29, 0.717) is 25.1 Å². The molecule has 1 N–H and O–H groups in total. The van der Waals surface area contributed by atoms with Gasteiger partial charge in [-0.2, -0.15) is 0 Å². The van der Waals surface area contributed by atoms with Crippen LogP contribution in [0.25, 0.3) is 0 Å². The Kier molecular flexibility index (Phi) is 7.02. The molecule has 1 aromatic carbocycles. The number of aromatic nitrogens is 1. The number of benzene rings is 1. The highest BCUT2D eigenvalue weighted by Crippen LogP contribution is 2.43. The number of aryl methyl sites for hydroxylation is 1. The molecule has 1 aliphatic rings. The lowest BCUT2D eigenvalue weighted by Crippen LogP contribution is -2.61. The largest absolute Gasteiger partial charge is 0.497 e. The number of carbonyl (C=O) groups excluding carboxylic acids is 2. The van der Waals surface area contributed by atoms with Crippen molar-refractivity contribution in [2.45, 2.75) is 45.6 Å². The highest BCUT2D eigenvalue weighted by molar-refractivity contribution is 6.00. The van der Waals surface area contributed by atoms with Crippen LogP contribution in [-0.2, 0) is 16.8 Å². The van der Waals surface area contributed by atoms with Gasteiger partial charge in [-0.15, -0.1) is 6.58 Å². The van der Waals surface area contributed by atoms with Gasteiger partial charge in [0, 0.05) is 25.5 Å². The lowest BCUT2D eigenvalue weighted by atomic mass is 9.73. The zero-order valence-electron chi connectivity index (χ0n) is 19.5. The van der Waals surface area contributed by atoms with Crippen LogP contribution in [-0.4, -0.2) is 41.9 Å². The van der Waals surface area contributed by atoms with Crippen molar-refractivity contribution in [3.63, 3.8) is 0 Å². The fraction of sp³-hybridized carbons (Fsp3) is 0.423. The van der Waals surface area contributed by atoms with Crippen LogP contribution in [0.5, 0.6) is 5.75 Å². The maximum atomic E-state index is 13.9. The van der Waals surface area contributed by atoms with Gasteiger partial charge in [0.2, 0.25) is 0 Å². The summed E-state index contributed by atoms with van der Waals surface area (Å²) in [7, 11) is 1.63. The van der Waals surface area contributed by atoms with E-state index in [1.54, 1.807) is 42.6 Å². The molecule has 32 heavy (non-hydrogen) atoms. The fourth-order valence-electron chi connectivity index (χ4n) is 4.43. The molecule has 0 fully saturated rings. The third-order valence-electron chi connectivity index (χ3n) is 5.77. The van der Waals surface area contributed by atoms with Gasteiger partial charge in [0.05, 0.1) is 12.7 Å². The van der Waals surface area contributed by atoms with Gasteiger partial charge in [-0.1, -0.05) is 32.9 Å². The summed E-state index contributed by atoms with van der Waals surface area (Å²) in [6, 6.07) is 9.27. The summed E-state index contributed by atoms with van der Waals surface area (Å²) in [5.41, 5.74) is 0.986. The summed E-state index contributed by atoms with van der Waals surface area (Å²) in [5.74, 6) is 0.350. The molecule has 0 spiro atoms. The molecule has 0 aliphatic heterocycles. The minimum Gasteiger partial charge on any atom is -0.497 e. The number of amides is 2. The summed E-state index contributed by atoms with van der Waals surface area (Å²) in [6.45, 7) is 10.7. The SMILES string of the molecule is C=CCNC(=O)C1(N(CC(C)(C)C)C(=O)c2cccnc2)CCCc2cc(OC)ccc21. The van der Waals surface area contributed by atoms with Crippen LogP contribution < -0.4 is 10.1 Å². The van der Waals surface area contributed by atoms with Gasteiger partial charge < -0.3 is 15.0 Å². The Morgan fingerprint density at radius 3 is 2.72 bits per heavy atom. The van der Waals surface area contributed by atoms with Crippen LogP contribution >= 0.6 is 0 Å². The van der Waals surface area contributed by atoms with Crippen molar-refractivity contribution < 1.29 is 14.3 Å². The van der Waals surface area contributed by atoms with Crippen LogP contribution in [0.15, 0.2) is 55.4 Å². The van der Waals surface area contributed by atoms with E-state index in [4.69, 9.17) is 4.74 Å². The zero-order chi connectivity index (χ0) is 23.4. The quantitative estimate of drug-likeness (QED) is 0.665. The number of carbonyl (C=O) groups is 2. The molecule has 2 amide bonds. The van der Waals surface area contributed by atoms with E-state index in [9.17, 15) is 9.59 Å². The monoisotopic (exact) mass is 435 g/mol. The molecule has 1 aliphatic carbocycles. The number of fused-ring (bicyclic) bond motifs is 1. The predicted molar refractivity (Wildman–Crippen MR) is 126 cm³/mol. The number of methoxy groups -OCH3 is 1. The molecular formula is C26H33N3O3. The second kappa shape index (κ2) is 9.55. The first kappa shape index (κ1) is 23.5.